The van der Waals surface area contributed by atoms with Crippen molar-refractivity contribution in [2.24, 2.45) is 0 Å². The van der Waals surface area contributed by atoms with Crippen molar-refractivity contribution < 1.29 is 9.84 Å². The minimum atomic E-state index is -0.515. The molecule has 1 atom stereocenters. The third-order valence-electron chi connectivity index (χ3n) is 6.05. The minimum absolute atomic E-state index is 0.300. The third kappa shape index (κ3) is 5.13. The van der Waals surface area contributed by atoms with Gasteiger partial charge in [0.25, 0.3) is 0 Å². The number of hydrogen-bond donors (Lipinski definition) is 1. The first-order chi connectivity index (χ1) is 16.3. The molecule has 5 rings (SSSR count). The van der Waals surface area contributed by atoms with Crippen LogP contribution in [0, 0.1) is 0 Å². The van der Waals surface area contributed by atoms with E-state index in [2.05, 4.69) is 45.1 Å². The summed E-state index contributed by atoms with van der Waals surface area (Å²) in [4.78, 5) is 13.8. The normalized spacial score (nSPS) is 15.5. The standard InChI is InChI=1S/C27H28N4O2/c32-23(20-33-24-6-2-1-3-7-24)19-30-15-17-31(18-16-30)26-10-9-22-5-4-8-25(27(22)29-26)21-11-13-28-14-12-21/h1-14,23,32H,15-20H2. The van der Waals surface area contributed by atoms with E-state index in [1.807, 2.05) is 54.9 Å². The van der Waals surface area contributed by atoms with E-state index in [0.29, 0.717) is 13.2 Å². The average Bonchev–Trinajstić information content (AvgIpc) is 2.88. The van der Waals surface area contributed by atoms with E-state index in [1.165, 1.54) is 0 Å². The molecule has 0 bridgehead atoms. The van der Waals surface area contributed by atoms with Crippen molar-refractivity contribution in [3.63, 3.8) is 0 Å². The molecule has 168 valence electrons. The van der Waals surface area contributed by atoms with Crippen molar-refractivity contribution in [1.29, 1.82) is 0 Å². The van der Waals surface area contributed by atoms with E-state index in [1.54, 1.807) is 0 Å². The number of β-amino-alcohol motifs (C(OH)–C–C–N with tert-alkyl or cyclic N) is 1. The Morgan fingerprint density at radius 3 is 2.42 bits per heavy atom. The van der Waals surface area contributed by atoms with Gasteiger partial charge in [-0.2, -0.15) is 0 Å². The Balaban J connectivity index is 1.21. The Bertz CT molecular complexity index is 1180. The molecule has 0 amide bonds. The summed E-state index contributed by atoms with van der Waals surface area (Å²) < 4.78 is 5.69. The lowest BCUT2D eigenvalue weighted by Crippen LogP contribution is -2.49. The highest BCUT2D eigenvalue weighted by molar-refractivity contribution is 5.94. The number of piperazine rings is 1. The molecule has 0 saturated carbocycles. The number of nitrogens with zero attached hydrogens (tertiary/aromatic N) is 4. The number of pyridine rings is 2. The van der Waals surface area contributed by atoms with Gasteiger partial charge in [-0.1, -0.05) is 36.4 Å². The molecular formula is C27H28N4O2. The first kappa shape index (κ1) is 21.4. The van der Waals surface area contributed by atoms with Crippen molar-refractivity contribution >= 4 is 16.7 Å². The molecule has 1 aliphatic heterocycles. The summed E-state index contributed by atoms with van der Waals surface area (Å²) in [6.45, 7) is 4.43. The van der Waals surface area contributed by atoms with Crippen molar-refractivity contribution in [2.75, 3.05) is 44.2 Å². The second kappa shape index (κ2) is 9.98. The number of aliphatic hydroxyl groups excluding tert-OH is 1. The van der Waals surface area contributed by atoms with Crippen LogP contribution in [0.5, 0.6) is 5.75 Å². The maximum absolute atomic E-state index is 10.4. The lowest BCUT2D eigenvalue weighted by molar-refractivity contribution is 0.0662. The van der Waals surface area contributed by atoms with Gasteiger partial charge < -0.3 is 14.7 Å². The van der Waals surface area contributed by atoms with E-state index < -0.39 is 6.10 Å². The Labute approximate surface area is 194 Å². The van der Waals surface area contributed by atoms with E-state index in [4.69, 9.17) is 9.72 Å². The predicted molar refractivity (Wildman–Crippen MR) is 132 cm³/mol. The van der Waals surface area contributed by atoms with Crippen LogP contribution in [0.4, 0.5) is 5.82 Å². The summed E-state index contributed by atoms with van der Waals surface area (Å²) in [6, 6.07) is 24.2. The molecule has 6 nitrogen and oxygen atoms in total. The number of benzene rings is 2. The number of hydrogen-bond acceptors (Lipinski definition) is 6. The Morgan fingerprint density at radius 2 is 1.64 bits per heavy atom. The van der Waals surface area contributed by atoms with Gasteiger partial charge in [-0.3, -0.25) is 9.88 Å². The van der Waals surface area contributed by atoms with Crippen LogP contribution in [0.25, 0.3) is 22.0 Å². The molecule has 1 saturated heterocycles. The van der Waals surface area contributed by atoms with E-state index in [9.17, 15) is 5.11 Å². The zero-order chi connectivity index (χ0) is 22.5. The summed E-state index contributed by atoms with van der Waals surface area (Å²) in [5, 5.41) is 11.5. The molecular weight excluding hydrogens is 412 g/mol. The van der Waals surface area contributed by atoms with Crippen molar-refractivity contribution in [3.8, 4) is 16.9 Å². The van der Waals surface area contributed by atoms with Gasteiger partial charge in [0.2, 0.25) is 0 Å². The zero-order valence-corrected chi connectivity index (χ0v) is 18.5. The quantitative estimate of drug-likeness (QED) is 0.471. The molecule has 2 aromatic carbocycles. The second-order valence-corrected chi connectivity index (χ2v) is 8.35. The molecule has 1 aliphatic rings. The number of anilines is 1. The minimum Gasteiger partial charge on any atom is -0.491 e. The zero-order valence-electron chi connectivity index (χ0n) is 18.5. The number of aliphatic hydroxyl groups is 1. The van der Waals surface area contributed by atoms with Crippen LogP contribution in [0.1, 0.15) is 0 Å². The largest absolute Gasteiger partial charge is 0.491 e. The van der Waals surface area contributed by atoms with Crippen LogP contribution in [-0.2, 0) is 0 Å². The van der Waals surface area contributed by atoms with Gasteiger partial charge in [0.1, 0.15) is 24.3 Å². The highest BCUT2D eigenvalue weighted by atomic mass is 16.5. The molecule has 1 fully saturated rings. The Hall–Kier alpha value is -3.48. The Kier molecular flexibility index (Phi) is 6.46. The van der Waals surface area contributed by atoms with Gasteiger partial charge in [-0.15, -0.1) is 0 Å². The summed E-state index contributed by atoms with van der Waals surface area (Å²) in [6.07, 6.45) is 3.12. The summed E-state index contributed by atoms with van der Waals surface area (Å²) in [7, 11) is 0. The van der Waals surface area contributed by atoms with Crippen LogP contribution in [0.3, 0.4) is 0 Å². The molecule has 33 heavy (non-hydrogen) atoms. The third-order valence-corrected chi connectivity index (χ3v) is 6.05. The van der Waals surface area contributed by atoms with Crippen LogP contribution < -0.4 is 9.64 Å². The molecule has 1 N–H and O–H groups in total. The van der Waals surface area contributed by atoms with Crippen molar-refractivity contribution in [2.45, 2.75) is 6.10 Å². The fraction of sp³-hybridized carbons (Fsp3) is 0.259. The maximum atomic E-state index is 10.4. The number of ether oxygens (including phenoxy) is 1. The topological polar surface area (TPSA) is 61.7 Å². The highest BCUT2D eigenvalue weighted by Gasteiger charge is 2.21. The van der Waals surface area contributed by atoms with E-state index in [0.717, 1.165) is 59.8 Å². The molecule has 3 heterocycles. The number of aromatic nitrogens is 2. The summed E-state index contributed by atoms with van der Waals surface area (Å²) >= 11 is 0. The van der Waals surface area contributed by atoms with Crippen LogP contribution in [0.2, 0.25) is 0 Å². The first-order valence-corrected chi connectivity index (χ1v) is 11.4. The smallest absolute Gasteiger partial charge is 0.129 e. The van der Waals surface area contributed by atoms with E-state index in [-0.39, 0.29) is 0 Å². The molecule has 1 unspecified atom stereocenters. The first-order valence-electron chi connectivity index (χ1n) is 11.4. The SMILES string of the molecule is OC(COc1ccccc1)CN1CCN(c2ccc3cccc(-c4ccncc4)c3n2)CC1. The fourth-order valence-corrected chi connectivity index (χ4v) is 4.30. The van der Waals surface area contributed by atoms with E-state index >= 15 is 0 Å². The number of fused-ring (bicyclic) bond motifs is 1. The van der Waals surface area contributed by atoms with Gasteiger partial charge in [-0.05, 0) is 42.0 Å². The molecule has 0 aliphatic carbocycles. The maximum Gasteiger partial charge on any atom is 0.129 e. The fourth-order valence-electron chi connectivity index (χ4n) is 4.30. The van der Waals surface area contributed by atoms with Crippen LogP contribution >= 0.6 is 0 Å². The van der Waals surface area contributed by atoms with Crippen molar-refractivity contribution in [3.05, 3.63) is 85.2 Å². The van der Waals surface area contributed by atoms with Crippen LogP contribution in [-0.4, -0.2) is 65.4 Å². The number of rotatable bonds is 7. The molecule has 6 heteroatoms. The summed E-state index contributed by atoms with van der Waals surface area (Å²) in [5.74, 6) is 1.78. The molecule has 0 radical (unpaired) electrons. The second-order valence-electron chi connectivity index (χ2n) is 8.35. The van der Waals surface area contributed by atoms with Crippen molar-refractivity contribution in [1.82, 2.24) is 14.9 Å². The van der Waals surface area contributed by atoms with Gasteiger partial charge in [0, 0.05) is 56.1 Å². The average molecular weight is 441 g/mol. The number of para-hydroxylation sites is 2. The monoisotopic (exact) mass is 440 g/mol. The van der Waals surface area contributed by atoms with Gasteiger partial charge in [-0.25, -0.2) is 4.98 Å². The summed E-state index contributed by atoms with van der Waals surface area (Å²) in [5.41, 5.74) is 3.26. The van der Waals surface area contributed by atoms with Gasteiger partial charge in [0.05, 0.1) is 5.52 Å². The Morgan fingerprint density at radius 1 is 0.848 bits per heavy atom. The van der Waals surface area contributed by atoms with Crippen LogP contribution in [0.15, 0.2) is 85.2 Å². The molecule has 2 aromatic heterocycles. The van der Waals surface area contributed by atoms with Gasteiger partial charge >= 0.3 is 0 Å². The molecule has 0 spiro atoms. The lowest BCUT2D eigenvalue weighted by atomic mass is 10.0. The lowest BCUT2D eigenvalue weighted by Gasteiger charge is -2.36. The molecule has 4 aromatic rings. The van der Waals surface area contributed by atoms with Gasteiger partial charge in [0.15, 0.2) is 0 Å². The predicted octanol–water partition coefficient (Wildman–Crippen LogP) is 3.86. The highest BCUT2D eigenvalue weighted by Crippen LogP contribution is 2.29.